The van der Waals surface area contributed by atoms with Crippen LogP contribution in [0.15, 0.2) is 30.3 Å². The molecule has 0 saturated carbocycles. The van der Waals surface area contributed by atoms with Crippen LogP contribution in [0, 0.1) is 11.8 Å². The van der Waals surface area contributed by atoms with E-state index in [-0.39, 0.29) is 0 Å². The highest BCUT2D eigenvalue weighted by Crippen LogP contribution is 2.20. The molecule has 0 aromatic heterocycles. The Morgan fingerprint density at radius 3 is 2.53 bits per heavy atom. The summed E-state index contributed by atoms with van der Waals surface area (Å²) in [6, 6.07) is 10.7. The lowest BCUT2D eigenvalue weighted by atomic mass is 9.86. The van der Waals surface area contributed by atoms with Crippen molar-refractivity contribution in [3.8, 4) is 0 Å². The fraction of sp³-hybridized carbons (Fsp3) is 0.600. The maximum atomic E-state index is 5.17. The standard InChI is InChI=1S/C15H25NO/c1-13(9-10-17-3)15(12-16-2)11-14-7-5-4-6-8-14/h4-8,13,15-16H,9-12H2,1-3H3. The first-order valence-electron chi connectivity index (χ1n) is 6.45. The van der Waals surface area contributed by atoms with Crippen molar-refractivity contribution in [2.24, 2.45) is 11.8 Å². The molecule has 1 aromatic carbocycles. The molecule has 0 amide bonds. The van der Waals surface area contributed by atoms with E-state index < -0.39 is 0 Å². The maximum absolute atomic E-state index is 5.17. The lowest BCUT2D eigenvalue weighted by Crippen LogP contribution is -2.27. The largest absolute Gasteiger partial charge is 0.385 e. The first kappa shape index (κ1) is 14.2. The molecule has 1 N–H and O–H groups in total. The summed E-state index contributed by atoms with van der Waals surface area (Å²) in [5, 5.41) is 3.30. The molecular weight excluding hydrogens is 210 g/mol. The summed E-state index contributed by atoms with van der Waals surface area (Å²) in [4.78, 5) is 0. The number of hydrogen-bond donors (Lipinski definition) is 1. The normalized spacial score (nSPS) is 14.5. The summed E-state index contributed by atoms with van der Waals surface area (Å²) in [5.41, 5.74) is 1.43. The van der Waals surface area contributed by atoms with Gasteiger partial charge in [-0.15, -0.1) is 0 Å². The number of methoxy groups -OCH3 is 1. The van der Waals surface area contributed by atoms with Crippen LogP contribution in [-0.4, -0.2) is 27.3 Å². The molecule has 0 spiro atoms. The van der Waals surface area contributed by atoms with Gasteiger partial charge in [-0.25, -0.2) is 0 Å². The Kier molecular flexibility index (Phi) is 6.90. The molecule has 2 heteroatoms. The Bertz CT molecular complexity index is 286. The number of rotatable bonds is 8. The van der Waals surface area contributed by atoms with Gasteiger partial charge in [-0.2, -0.15) is 0 Å². The first-order valence-corrected chi connectivity index (χ1v) is 6.45. The van der Waals surface area contributed by atoms with Gasteiger partial charge in [-0.3, -0.25) is 0 Å². The van der Waals surface area contributed by atoms with Gasteiger partial charge in [-0.05, 0) is 43.8 Å². The Balaban J connectivity index is 2.53. The molecular formula is C15H25NO. The highest BCUT2D eigenvalue weighted by Gasteiger charge is 2.16. The van der Waals surface area contributed by atoms with Crippen LogP contribution in [-0.2, 0) is 11.2 Å². The van der Waals surface area contributed by atoms with Crippen LogP contribution in [0.2, 0.25) is 0 Å². The van der Waals surface area contributed by atoms with Gasteiger partial charge in [0.25, 0.3) is 0 Å². The zero-order valence-electron chi connectivity index (χ0n) is 11.3. The summed E-state index contributed by atoms with van der Waals surface area (Å²) in [5.74, 6) is 1.36. The fourth-order valence-electron chi connectivity index (χ4n) is 2.19. The summed E-state index contributed by atoms with van der Waals surface area (Å²) < 4.78 is 5.17. The van der Waals surface area contributed by atoms with E-state index in [9.17, 15) is 0 Å². The number of nitrogens with one attached hydrogen (secondary N) is 1. The van der Waals surface area contributed by atoms with E-state index in [4.69, 9.17) is 4.74 Å². The van der Waals surface area contributed by atoms with Crippen LogP contribution in [0.1, 0.15) is 18.9 Å². The van der Waals surface area contributed by atoms with Crippen molar-refractivity contribution in [1.82, 2.24) is 5.32 Å². The summed E-state index contributed by atoms with van der Waals surface area (Å²) in [6.45, 7) is 4.25. The Hall–Kier alpha value is -0.860. The van der Waals surface area contributed by atoms with Crippen LogP contribution in [0.25, 0.3) is 0 Å². The van der Waals surface area contributed by atoms with Gasteiger partial charge in [0.1, 0.15) is 0 Å². The van der Waals surface area contributed by atoms with Gasteiger partial charge >= 0.3 is 0 Å². The molecule has 2 nitrogen and oxygen atoms in total. The number of benzene rings is 1. The van der Waals surface area contributed by atoms with E-state index in [1.807, 2.05) is 7.05 Å². The minimum Gasteiger partial charge on any atom is -0.385 e. The lowest BCUT2D eigenvalue weighted by Gasteiger charge is -2.23. The van der Waals surface area contributed by atoms with Crippen molar-refractivity contribution in [2.45, 2.75) is 19.8 Å². The Morgan fingerprint density at radius 1 is 1.24 bits per heavy atom. The smallest absolute Gasteiger partial charge is 0.0464 e. The van der Waals surface area contributed by atoms with Crippen molar-refractivity contribution in [3.05, 3.63) is 35.9 Å². The molecule has 0 radical (unpaired) electrons. The van der Waals surface area contributed by atoms with Crippen molar-refractivity contribution in [1.29, 1.82) is 0 Å². The van der Waals surface area contributed by atoms with E-state index in [1.165, 1.54) is 5.56 Å². The maximum Gasteiger partial charge on any atom is 0.0464 e. The molecule has 0 aliphatic carbocycles. The molecule has 0 heterocycles. The fourth-order valence-corrected chi connectivity index (χ4v) is 2.19. The van der Waals surface area contributed by atoms with Crippen LogP contribution in [0.3, 0.4) is 0 Å². The molecule has 0 aliphatic rings. The molecule has 0 bridgehead atoms. The van der Waals surface area contributed by atoms with Crippen molar-refractivity contribution in [2.75, 3.05) is 27.3 Å². The summed E-state index contributed by atoms with van der Waals surface area (Å²) in [7, 11) is 3.80. The lowest BCUT2D eigenvalue weighted by molar-refractivity contribution is 0.164. The van der Waals surface area contributed by atoms with E-state index >= 15 is 0 Å². The van der Waals surface area contributed by atoms with Crippen LogP contribution < -0.4 is 5.32 Å². The van der Waals surface area contributed by atoms with E-state index in [0.717, 1.165) is 26.0 Å². The van der Waals surface area contributed by atoms with E-state index in [2.05, 4.69) is 42.6 Å². The minimum absolute atomic E-state index is 0.678. The van der Waals surface area contributed by atoms with Gasteiger partial charge < -0.3 is 10.1 Å². The quantitative estimate of drug-likeness (QED) is 0.748. The Labute approximate surface area is 105 Å². The summed E-state index contributed by atoms with van der Waals surface area (Å²) in [6.07, 6.45) is 2.28. The zero-order valence-corrected chi connectivity index (χ0v) is 11.3. The molecule has 96 valence electrons. The summed E-state index contributed by atoms with van der Waals surface area (Å²) >= 11 is 0. The van der Waals surface area contributed by atoms with Crippen LogP contribution >= 0.6 is 0 Å². The van der Waals surface area contributed by atoms with Crippen LogP contribution in [0.4, 0.5) is 0 Å². The average Bonchev–Trinajstić information content (AvgIpc) is 2.36. The molecule has 1 aromatic rings. The molecule has 2 unspecified atom stereocenters. The molecule has 1 rings (SSSR count). The van der Waals surface area contributed by atoms with Gasteiger partial charge in [-0.1, -0.05) is 37.3 Å². The monoisotopic (exact) mass is 235 g/mol. The van der Waals surface area contributed by atoms with Crippen molar-refractivity contribution < 1.29 is 4.74 Å². The van der Waals surface area contributed by atoms with E-state index in [0.29, 0.717) is 11.8 Å². The second kappa shape index (κ2) is 8.26. The first-order chi connectivity index (χ1) is 8.27. The molecule has 17 heavy (non-hydrogen) atoms. The topological polar surface area (TPSA) is 21.3 Å². The van der Waals surface area contributed by atoms with E-state index in [1.54, 1.807) is 7.11 Å². The van der Waals surface area contributed by atoms with Gasteiger partial charge in [0.05, 0.1) is 0 Å². The third kappa shape index (κ3) is 5.33. The Morgan fingerprint density at radius 2 is 1.94 bits per heavy atom. The molecule has 2 atom stereocenters. The predicted octanol–water partition coefficient (Wildman–Crippen LogP) is 2.74. The highest BCUT2D eigenvalue weighted by molar-refractivity contribution is 5.15. The second-order valence-electron chi connectivity index (χ2n) is 4.77. The number of hydrogen-bond acceptors (Lipinski definition) is 2. The molecule has 0 fully saturated rings. The zero-order chi connectivity index (χ0) is 12.5. The highest BCUT2D eigenvalue weighted by atomic mass is 16.5. The van der Waals surface area contributed by atoms with Crippen LogP contribution in [0.5, 0.6) is 0 Å². The van der Waals surface area contributed by atoms with Gasteiger partial charge in [0.15, 0.2) is 0 Å². The third-order valence-electron chi connectivity index (χ3n) is 3.39. The predicted molar refractivity (Wildman–Crippen MR) is 73.2 cm³/mol. The molecule has 0 saturated heterocycles. The van der Waals surface area contributed by atoms with Crippen molar-refractivity contribution in [3.63, 3.8) is 0 Å². The van der Waals surface area contributed by atoms with Crippen molar-refractivity contribution >= 4 is 0 Å². The minimum atomic E-state index is 0.678. The van der Waals surface area contributed by atoms with Gasteiger partial charge in [0.2, 0.25) is 0 Å². The van der Waals surface area contributed by atoms with Gasteiger partial charge in [0, 0.05) is 13.7 Å². The second-order valence-corrected chi connectivity index (χ2v) is 4.77. The average molecular weight is 235 g/mol. The molecule has 0 aliphatic heterocycles. The number of ether oxygens (including phenoxy) is 1. The SMILES string of the molecule is CNCC(Cc1ccccc1)C(C)CCOC. The third-order valence-corrected chi connectivity index (χ3v) is 3.39.